The number of nitrogens with one attached hydrogen (secondary N) is 1. The third-order valence-electron chi connectivity index (χ3n) is 3.06. The van der Waals surface area contributed by atoms with Crippen molar-refractivity contribution in [2.24, 2.45) is 17.8 Å². The molecule has 4 heteroatoms. The van der Waals surface area contributed by atoms with E-state index in [9.17, 15) is 9.59 Å². The Morgan fingerprint density at radius 2 is 1.72 bits per heavy atom. The molecule has 0 rings (SSSR count). The second-order valence-corrected chi connectivity index (χ2v) is 5.67. The summed E-state index contributed by atoms with van der Waals surface area (Å²) in [4.78, 5) is 23.2. The molecular formula is C14H27NO3. The lowest BCUT2D eigenvalue weighted by molar-refractivity contribution is -0.143. The Morgan fingerprint density at radius 1 is 1.17 bits per heavy atom. The maximum Gasteiger partial charge on any atom is 0.326 e. The van der Waals surface area contributed by atoms with E-state index >= 15 is 0 Å². The topological polar surface area (TPSA) is 66.4 Å². The number of carboxylic acid groups (broad SMARTS) is 1. The van der Waals surface area contributed by atoms with Crippen LogP contribution in [0.4, 0.5) is 0 Å². The minimum Gasteiger partial charge on any atom is -0.480 e. The van der Waals surface area contributed by atoms with Crippen molar-refractivity contribution in [1.29, 1.82) is 0 Å². The Kier molecular flexibility index (Phi) is 7.64. The zero-order chi connectivity index (χ0) is 14.3. The summed E-state index contributed by atoms with van der Waals surface area (Å²) in [6, 6.07) is -0.768. The van der Waals surface area contributed by atoms with E-state index < -0.39 is 12.0 Å². The van der Waals surface area contributed by atoms with E-state index in [1.807, 2.05) is 34.6 Å². The van der Waals surface area contributed by atoms with E-state index in [1.165, 1.54) is 0 Å². The summed E-state index contributed by atoms with van der Waals surface area (Å²) >= 11 is 0. The third-order valence-corrected chi connectivity index (χ3v) is 3.06. The van der Waals surface area contributed by atoms with E-state index in [1.54, 1.807) is 0 Å². The van der Waals surface area contributed by atoms with Crippen LogP contribution in [0.3, 0.4) is 0 Å². The van der Waals surface area contributed by atoms with Gasteiger partial charge in [-0.05, 0) is 24.7 Å². The minimum absolute atomic E-state index is 0.0935. The van der Waals surface area contributed by atoms with Crippen molar-refractivity contribution in [3.05, 3.63) is 0 Å². The van der Waals surface area contributed by atoms with E-state index in [2.05, 4.69) is 5.32 Å². The first kappa shape index (κ1) is 16.9. The molecule has 0 fully saturated rings. The number of rotatable bonds is 8. The monoisotopic (exact) mass is 257 g/mol. The van der Waals surface area contributed by atoms with E-state index in [0.717, 1.165) is 12.8 Å². The zero-order valence-corrected chi connectivity index (χ0v) is 12.2. The molecule has 0 saturated heterocycles. The molecule has 0 aromatic rings. The number of hydrogen-bond donors (Lipinski definition) is 2. The van der Waals surface area contributed by atoms with Gasteiger partial charge in [-0.2, -0.15) is 0 Å². The van der Waals surface area contributed by atoms with Crippen molar-refractivity contribution in [1.82, 2.24) is 5.32 Å². The Labute approximate surface area is 110 Å². The zero-order valence-electron chi connectivity index (χ0n) is 12.2. The van der Waals surface area contributed by atoms with Crippen molar-refractivity contribution in [3.63, 3.8) is 0 Å². The molecule has 4 nitrogen and oxygen atoms in total. The van der Waals surface area contributed by atoms with Crippen LogP contribution < -0.4 is 5.32 Å². The predicted molar refractivity (Wildman–Crippen MR) is 72.3 cm³/mol. The molecule has 0 heterocycles. The Hall–Kier alpha value is -1.06. The molecule has 18 heavy (non-hydrogen) atoms. The summed E-state index contributed by atoms with van der Waals surface area (Å²) in [5, 5.41) is 11.8. The molecule has 2 atom stereocenters. The van der Waals surface area contributed by atoms with Crippen LogP contribution in [0.2, 0.25) is 0 Å². The van der Waals surface area contributed by atoms with Gasteiger partial charge in [-0.15, -0.1) is 0 Å². The Balaban J connectivity index is 4.60. The highest BCUT2D eigenvalue weighted by Gasteiger charge is 2.27. The lowest BCUT2D eigenvalue weighted by Crippen LogP contribution is -2.45. The average molecular weight is 257 g/mol. The van der Waals surface area contributed by atoms with Gasteiger partial charge in [0.1, 0.15) is 6.04 Å². The van der Waals surface area contributed by atoms with Gasteiger partial charge in [0.05, 0.1) is 0 Å². The molecule has 0 aliphatic rings. The quantitative estimate of drug-likeness (QED) is 0.702. The first-order chi connectivity index (χ1) is 8.29. The Bertz CT molecular complexity index is 274. The molecule has 0 radical (unpaired) electrons. The number of carbonyl (C=O) groups is 2. The van der Waals surface area contributed by atoms with E-state index in [4.69, 9.17) is 5.11 Å². The van der Waals surface area contributed by atoms with E-state index in [-0.39, 0.29) is 23.7 Å². The maximum absolute atomic E-state index is 12.1. The largest absolute Gasteiger partial charge is 0.480 e. The van der Waals surface area contributed by atoms with Crippen molar-refractivity contribution in [2.45, 2.75) is 59.9 Å². The fraction of sp³-hybridized carbons (Fsp3) is 0.857. The van der Waals surface area contributed by atoms with Crippen molar-refractivity contribution >= 4 is 11.9 Å². The van der Waals surface area contributed by atoms with Gasteiger partial charge in [0.2, 0.25) is 5.91 Å². The van der Waals surface area contributed by atoms with Gasteiger partial charge in [-0.1, -0.05) is 41.0 Å². The van der Waals surface area contributed by atoms with Gasteiger partial charge in [-0.3, -0.25) is 4.79 Å². The normalized spacial score (nSPS) is 14.6. The lowest BCUT2D eigenvalue weighted by atomic mass is 9.90. The predicted octanol–water partition coefficient (Wildman–Crippen LogP) is 2.67. The maximum atomic E-state index is 12.1. The molecule has 0 spiro atoms. The number of amides is 1. The summed E-state index contributed by atoms with van der Waals surface area (Å²) in [5.41, 5.74) is 0. The molecular weight excluding hydrogens is 230 g/mol. The van der Waals surface area contributed by atoms with Crippen LogP contribution in [0.5, 0.6) is 0 Å². The first-order valence-corrected chi connectivity index (χ1v) is 6.82. The van der Waals surface area contributed by atoms with Crippen LogP contribution >= 0.6 is 0 Å². The fourth-order valence-corrected chi connectivity index (χ4v) is 2.05. The van der Waals surface area contributed by atoms with Crippen LogP contribution in [-0.2, 0) is 9.59 Å². The molecule has 0 aromatic heterocycles. The third kappa shape index (κ3) is 6.03. The molecule has 0 aliphatic heterocycles. The smallest absolute Gasteiger partial charge is 0.326 e. The van der Waals surface area contributed by atoms with Gasteiger partial charge >= 0.3 is 5.97 Å². The van der Waals surface area contributed by atoms with Crippen molar-refractivity contribution in [3.8, 4) is 0 Å². The van der Waals surface area contributed by atoms with E-state index in [0.29, 0.717) is 6.42 Å². The standard InChI is InChI=1S/C14H27NO3/c1-6-7-11(10(4)5)13(16)15-12(14(17)18)8-9(2)3/h9-12H,6-8H2,1-5H3,(H,15,16)(H,17,18)/t11?,12-/m0/s1. The molecule has 1 amide bonds. The number of carbonyl (C=O) groups excluding carboxylic acids is 1. The van der Waals surface area contributed by atoms with Gasteiger partial charge in [0.25, 0.3) is 0 Å². The number of carboxylic acids is 1. The van der Waals surface area contributed by atoms with Crippen LogP contribution in [0.15, 0.2) is 0 Å². The van der Waals surface area contributed by atoms with Crippen LogP contribution in [0.1, 0.15) is 53.9 Å². The average Bonchev–Trinajstić information content (AvgIpc) is 2.23. The van der Waals surface area contributed by atoms with Crippen molar-refractivity contribution in [2.75, 3.05) is 0 Å². The van der Waals surface area contributed by atoms with Crippen LogP contribution in [0.25, 0.3) is 0 Å². The highest BCUT2D eigenvalue weighted by Crippen LogP contribution is 2.18. The first-order valence-electron chi connectivity index (χ1n) is 6.82. The van der Waals surface area contributed by atoms with Crippen LogP contribution in [-0.4, -0.2) is 23.0 Å². The molecule has 0 aromatic carbocycles. The van der Waals surface area contributed by atoms with Gasteiger partial charge in [0.15, 0.2) is 0 Å². The minimum atomic E-state index is -0.948. The molecule has 1 unspecified atom stereocenters. The number of aliphatic carboxylic acids is 1. The van der Waals surface area contributed by atoms with Gasteiger partial charge < -0.3 is 10.4 Å². The molecule has 106 valence electrons. The molecule has 0 saturated carbocycles. The second kappa shape index (κ2) is 8.11. The van der Waals surface area contributed by atoms with Crippen molar-refractivity contribution < 1.29 is 14.7 Å². The second-order valence-electron chi connectivity index (χ2n) is 5.67. The lowest BCUT2D eigenvalue weighted by Gasteiger charge is -2.23. The SMILES string of the molecule is CCCC(C(=O)N[C@@H](CC(C)C)C(=O)O)C(C)C. The van der Waals surface area contributed by atoms with Gasteiger partial charge in [-0.25, -0.2) is 4.79 Å². The van der Waals surface area contributed by atoms with Gasteiger partial charge in [0, 0.05) is 5.92 Å². The molecule has 0 aliphatic carbocycles. The molecule has 2 N–H and O–H groups in total. The summed E-state index contributed by atoms with van der Waals surface area (Å²) in [6.07, 6.45) is 2.20. The highest BCUT2D eigenvalue weighted by atomic mass is 16.4. The number of hydrogen-bond acceptors (Lipinski definition) is 2. The Morgan fingerprint density at radius 3 is 2.06 bits per heavy atom. The summed E-state index contributed by atoms with van der Waals surface area (Å²) in [5.74, 6) is -0.687. The highest BCUT2D eigenvalue weighted by molar-refractivity contribution is 5.85. The van der Waals surface area contributed by atoms with Crippen LogP contribution in [0, 0.1) is 17.8 Å². The summed E-state index contributed by atoms with van der Waals surface area (Å²) < 4.78 is 0. The molecule has 0 bridgehead atoms. The summed E-state index contributed by atoms with van der Waals surface area (Å²) in [7, 11) is 0. The summed E-state index contributed by atoms with van der Waals surface area (Å²) in [6.45, 7) is 9.93. The fourth-order valence-electron chi connectivity index (χ4n) is 2.05.